The van der Waals surface area contributed by atoms with Gasteiger partial charge in [-0.15, -0.1) is 24.0 Å². The Balaban J connectivity index is 0.00000450. The molecular formula is C23H43IN6. The van der Waals surface area contributed by atoms with Crippen molar-refractivity contribution in [3.63, 3.8) is 0 Å². The summed E-state index contributed by atoms with van der Waals surface area (Å²) in [6.07, 6.45) is 9.50. The zero-order valence-corrected chi connectivity index (χ0v) is 21.8. The minimum atomic E-state index is 0. The average Bonchev–Trinajstić information content (AvgIpc) is 3.04. The first kappa shape index (κ1) is 26.9. The molecule has 1 aliphatic rings. The molecule has 0 radical (unpaired) electrons. The number of aromatic nitrogens is 1. The topological polar surface area (TPSA) is 55.8 Å². The van der Waals surface area contributed by atoms with Crippen molar-refractivity contribution in [3.05, 3.63) is 23.9 Å². The van der Waals surface area contributed by atoms with Crippen LogP contribution in [0.3, 0.4) is 0 Å². The quantitative estimate of drug-likeness (QED) is 0.269. The fourth-order valence-corrected chi connectivity index (χ4v) is 3.89. The van der Waals surface area contributed by atoms with E-state index in [0.717, 1.165) is 50.9 Å². The van der Waals surface area contributed by atoms with Gasteiger partial charge in [0.25, 0.3) is 0 Å². The van der Waals surface area contributed by atoms with E-state index in [1.54, 1.807) is 0 Å². The van der Waals surface area contributed by atoms with Gasteiger partial charge >= 0.3 is 0 Å². The third-order valence-corrected chi connectivity index (χ3v) is 5.81. The first-order chi connectivity index (χ1) is 14.2. The van der Waals surface area contributed by atoms with Crippen molar-refractivity contribution >= 4 is 35.8 Å². The van der Waals surface area contributed by atoms with E-state index in [-0.39, 0.29) is 24.0 Å². The molecule has 0 spiro atoms. The standard InChI is InChI=1S/C23H42N6.HI/c1-5-28(6-2)15-11-12-20(3)27-23(24-4)26-19-21-13-14-25-22(18-21)29-16-9-7-8-10-17-29;/h13-14,18,20H,5-12,15-17,19H2,1-4H3,(H2,24,26,27);1H. The van der Waals surface area contributed by atoms with Crippen molar-refractivity contribution in [2.45, 2.75) is 71.9 Å². The second-order valence-electron chi connectivity index (χ2n) is 8.06. The molecule has 7 heteroatoms. The number of anilines is 1. The minimum Gasteiger partial charge on any atom is -0.357 e. The van der Waals surface area contributed by atoms with Gasteiger partial charge in [0.15, 0.2) is 5.96 Å². The van der Waals surface area contributed by atoms with Crippen LogP contribution < -0.4 is 15.5 Å². The van der Waals surface area contributed by atoms with Crippen LogP contribution in [0.15, 0.2) is 23.3 Å². The van der Waals surface area contributed by atoms with E-state index in [9.17, 15) is 0 Å². The third kappa shape index (κ3) is 9.81. The van der Waals surface area contributed by atoms with Gasteiger partial charge in [0, 0.05) is 38.9 Å². The molecule has 2 heterocycles. The maximum absolute atomic E-state index is 4.61. The molecule has 1 aliphatic heterocycles. The lowest BCUT2D eigenvalue weighted by Gasteiger charge is -2.22. The number of hydrogen-bond donors (Lipinski definition) is 2. The van der Waals surface area contributed by atoms with Gasteiger partial charge in [-0.1, -0.05) is 26.7 Å². The number of aliphatic imine (C=N–C) groups is 1. The molecule has 1 aromatic rings. The van der Waals surface area contributed by atoms with Crippen LogP contribution in [0, 0.1) is 0 Å². The second kappa shape index (κ2) is 15.7. The molecule has 2 N–H and O–H groups in total. The molecule has 1 aromatic heterocycles. The summed E-state index contributed by atoms with van der Waals surface area (Å²) in [5, 5.41) is 6.99. The average molecular weight is 531 g/mol. The van der Waals surface area contributed by atoms with Crippen LogP contribution in [0.4, 0.5) is 5.82 Å². The number of nitrogens with zero attached hydrogens (tertiary/aromatic N) is 4. The molecule has 0 saturated carbocycles. The van der Waals surface area contributed by atoms with E-state index in [1.165, 1.54) is 44.2 Å². The molecule has 172 valence electrons. The van der Waals surface area contributed by atoms with Gasteiger partial charge in [0.05, 0.1) is 0 Å². The molecule has 0 amide bonds. The van der Waals surface area contributed by atoms with Crippen LogP contribution in [0.2, 0.25) is 0 Å². The Morgan fingerprint density at radius 2 is 1.90 bits per heavy atom. The van der Waals surface area contributed by atoms with Crippen LogP contribution in [0.5, 0.6) is 0 Å². The Labute approximate surface area is 201 Å². The van der Waals surface area contributed by atoms with Gasteiger partial charge in [-0.2, -0.15) is 0 Å². The highest BCUT2D eigenvalue weighted by molar-refractivity contribution is 14.0. The Hall–Kier alpha value is -1.09. The second-order valence-corrected chi connectivity index (χ2v) is 8.06. The summed E-state index contributed by atoms with van der Waals surface area (Å²) in [6, 6.07) is 4.72. The predicted octanol–water partition coefficient (Wildman–Crippen LogP) is 4.26. The maximum atomic E-state index is 4.61. The molecule has 6 nitrogen and oxygen atoms in total. The SMILES string of the molecule is CCN(CC)CCCC(C)NC(=NC)NCc1ccnc(N2CCCCCC2)c1.I. The molecule has 2 rings (SSSR count). The van der Waals surface area contributed by atoms with Gasteiger partial charge in [-0.05, 0) is 69.9 Å². The molecule has 1 fully saturated rings. The van der Waals surface area contributed by atoms with Crippen molar-refractivity contribution < 1.29 is 0 Å². The Morgan fingerprint density at radius 3 is 2.53 bits per heavy atom. The predicted molar refractivity (Wildman–Crippen MR) is 140 cm³/mol. The van der Waals surface area contributed by atoms with Gasteiger partial charge in [0.1, 0.15) is 5.82 Å². The summed E-state index contributed by atoms with van der Waals surface area (Å²) in [7, 11) is 1.84. The van der Waals surface area contributed by atoms with Gasteiger partial charge in [-0.25, -0.2) is 4.98 Å². The van der Waals surface area contributed by atoms with E-state index in [0.29, 0.717) is 6.04 Å². The van der Waals surface area contributed by atoms with Gasteiger partial charge in [0.2, 0.25) is 0 Å². The van der Waals surface area contributed by atoms with Crippen molar-refractivity contribution in [1.29, 1.82) is 0 Å². The lowest BCUT2D eigenvalue weighted by atomic mass is 10.2. The van der Waals surface area contributed by atoms with E-state index >= 15 is 0 Å². The van der Waals surface area contributed by atoms with Crippen molar-refractivity contribution in [1.82, 2.24) is 20.5 Å². The number of halogens is 1. The van der Waals surface area contributed by atoms with Crippen LogP contribution in [0.1, 0.15) is 64.9 Å². The normalized spacial score (nSPS) is 16.0. The Morgan fingerprint density at radius 1 is 1.20 bits per heavy atom. The summed E-state index contributed by atoms with van der Waals surface area (Å²) in [5.41, 5.74) is 1.25. The number of hydrogen-bond acceptors (Lipinski definition) is 4. The number of guanidine groups is 1. The van der Waals surface area contributed by atoms with Crippen molar-refractivity contribution in [2.75, 3.05) is 44.7 Å². The fourth-order valence-electron chi connectivity index (χ4n) is 3.89. The third-order valence-electron chi connectivity index (χ3n) is 5.81. The smallest absolute Gasteiger partial charge is 0.191 e. The molecule has 30 heavy (non-hydrogen) atoms. The summed E-state index contributed by atoms with van der Waals surface area (Å²) in [5.74, 6) is 1.98. The molecular weight excluding hydrogens is 487 g/mol. The lowest BCUT2D eigenvalue weighted by Crippen LogP contribution is -2.42. The van der Waals surface area contributed by atoms with Crippen molar-refractivity contribution in [3.8, 4) is 0 Å². The largest absolute Gasteiger partial charge is 0.357 e. The summed E-state index contributed by atoms with van der Waals surface area (Å²) in [4.78, 5) is 13.9. The van der Waals surface area contributed by atoms with E-state index in [2.05, 4.69) is 63.3 Å². The van der Waals surface area contributed by atoms with Crippen molar-refractivity contribution in [2.24, 2.45) is 4.99 Å². The molecule has 0 bridgehead atoms. The Kier molecular flexibility index (Phi) is 14.1. The maximum Gasteiger partial charge on any atom is 0.191 e. The highest BCUT2D eigenvalue weighted by atomic mass is 127. The zero-order valence-electron chi connectivity index (χ0n) is 19.5. The summed E-state index contributed by atoms with van der Waals surface area (Å²) < 4.78 is 0. The first-order valence-electron chi connectivity index (χ1n) is 11.6. The van der Waals surface area contributed by atoms with Crippen LogP contribution in [0.25, 0.3) is 0 Å². The molecule has 1 unspecified atom stereocenters. The lowest BCUT2D eigenvalue weighted by molar-refractivity contribution is 0.292. The highest BCUT2D eigenvalue weighted by Crippen LogP contribution is 2.18. The van der Waals surface area contributed by atoms with Gasteiger partial charge < -0.3 is 20.4 Å². The summed E-state index contributed by atoms with van der Waals surface area (Å²) >= 11 is 0. The number of rotatable bonds is 10. The van der Waals surface area contributed by atoms with E-state index in [4.69, 9.17) is 0 Å². The first-order valence-corrected chi connectivity index (χ1v) is 11.6. The Bertz CT molecular complexity index is 597. The summed E-state index contributed by atoms with van der Waals surface area (Å²) in [6.45, 7) is 13.1. The zero-order chi connectivity index (χ0) is 20.9. The van der Waals surface area contributed by atoms with Crippen LogP contribution in [-0.4, -0.2) is 61.7 Å². The molecule has 1 saturated heterocycles. The highest BCUT2D eigenvalue weighted by Gasteiger charge is 2.12. The fraction of sp³-hybridized carbons (Fsp3) is 0.739. The van der Waals surface area contributed by atoms with E-state index in [1.807, 2.05) is 13.2 Å². The molecule has 1 atom stereocenters. The number of pyridine rings is 1. The number of nitrogens with one attached hydrogen (secondary N) is 2. The van der Waals surface area contributed by atoms with E-state index < -0.39 is 0 Å². The monoisotopic (exact) mass is 530 g/mol. The van der Waals surface area contributed by atoms with Crippen LogP contribution in [-0.2, 0) is 6.54 Å². The molecule has 0 aromatic carbocycles. The van der Waals surface area contributed by atoms with Crippen LogP contribution >= 0.6 is 24.0 Å². The minimum absolute atomic E-state index is 0. The molecule has 0 aliphatic carbocycles. The van der Waals surface area contributed by atoms with Gasteiger partial charge in [-0.3, -0.25) is 4.99 Å².